The molecule has 0 aliphatic rings. The van der Waals surface area contributed by atoms with E-state index >= 15 is 0 Å². The van der Waals surface area contributed by atoms with Gasteiger partial charge in [0.2, 0.25) is 5.75 Å². The van der Waals surface area contributed by atoms with Crippen molar-refractivity contribution in [2.75, 3.05) is 13.2 Å². The molecule has 0 fully saturated rings. The molecule has 0 saturated heterocycles. The molecule has 0 radical (unpaired) electrons. The molecule has 0 aliphatic heterocycles. The third kappa shape index (κ3) is 9.66. The predicted octanol–water partition coefficient (Wildman–Crippen LogP) is 8.09. The summed E-state index contributed by atoms with van der Waals surface area (Å²) in [7, 11) is 0. The lowest BCUT2D eigenvalue weighted by molar-refractivity contribution is 0.275. The van der Waals surface area contributed by atoms with Gasteiger partial charge in [-0.3, -0.25) is 0 Å². The first-order chi connectivity index (χ1) is 16.4. The van der Waals surface area contributed by atoms with E-state index in [-0.39, 0.29) is 17.1 Å². The Kier molecular flexibility index (Phi) is 12.4. The van der Waals surface area contributed by atoms with Gasteiger partial charge in [0.25, 0.3) is 0 Å². The van der Waals surface area contributed by atoms with Gasteiger partial charge in [-0.25, -0.2) is 4.79 Å². The summed E-state index contributed by atoms with van der Waals surface area (Å²) in [6.45, 7) is 9.34. The molecule has 0 aliphatic carbocycles. The largest absolute Gasteiger partial charge is 0.504 e. The van der Waals surface area contributed by atoms with Crippen molar-refractivity contribution in [1.29, 1.82) is 0 Å². The molecule has 5 nitrogen and oxygen atoms in total. The lowest BCUT2D eigenvalue weighted by atomic mass is 10.1. The van der Waals surface area contributed by atoms with Crippen LogP contribution in [0.4, 0.5) is 0 Å². The normalized spacial score (nSPS) is 11.6. The van der Waals surface area contributed by atoms with Gasteiger partial charge in [-0.2, -0.15) is 0 Å². The summed E-state index contributed by atoms with van der Waals surface area (Å²) in [5, 5.41) is 11.0. The van der Waals surface area contributed by atoms with E-state index in [2.05, 4.69) is 39.8 Å². The first-order valence-electron chi connectivity index (χ1n) is 12.8. The highest BCUT2D eigenvalue weighted by atomic mass is 16.5. The minimum atomic E-state index is -0.670. The fourth-order valence-electron chi connectivity index (χ4n) is 3.75. The molecule has 0 atom stereocenters. The number of hydrogen-bond donors (Lipinski definition) is 1. The Balaban J connectivity index is 1.87. The summed E-state index contributed by atoms with van der Waals surface area (Å²) in [6.07, 6.45) is 15.7. The van der Waals surface area contributed by atoms with Gasteiger partial charge < -0.3 is 19.0 Å². The van der Waals surface area contributed by atoms with Gasteiger partial charge in [0, 0.05) is 6.07 Å². The molecule has 2 rings (SSSR count). The molecule has 0 spiro atoms. The number of benzene rings is 1. The van der Waals surface area contributed by atoms with Gasteiger partial charge in [0.15, 0.2) is 5.75 Å². The van der Waals surface area contributed by atoms with Crippen molar-refractivity contribution in [3.05, 3.63) is 51.9 Å². The first kappa shape index (κ1) is 27.6. The minimum Gasteiger partial charge on any atom is -0.504 e. The fourth-order valence-corrected chi connectivity index (χ4v) is 3.75. The van der Waals surface area contributed by atoms with Gasteiger partial charge in [-0.1, -0.05) is 69.1 Å². The standard InChI is InChI=1S/C29H42O5/c1-5-6-7-8-9-10-11-12-19-33-28-27(30)25-17-16-24(21-26(25)34-29(28)31)32-20-18-23(4)15-13-14-22(2)3/h14,16-18,21,30H,5-13,15,19-20H2,1-4H3/b23-18+. The van der Waals surface area contributed by atoms with Crippen molar-refractivity contribution in [2.24, 2.45) is 0 Å². The maximum Gasteiger partial charge on any atom is 0.383 e. The average Bonchev–Trinajstić information content (AvgIpc) is 2.79. The monoisotopic (exact) mass is 470 g/mol. The molecule has 1 N–H and O–H groups in total. The molecule has 5 heteroatoms. The van der Waals surface area contributed by atoms with Gasteiger partial charge >= 0.3 is 5.63 Å². The van der Waals surface area contributed by atoms with E-state index < -0.39 is 5.63 Å². The highest BCUT2D eigenvalue weighted by Gasteiger charge is 2.16. The third-order valence-electron chi connectivity index (χ3n) is 5.83. The second-order valence-corrected chi connectivity index (χ2v) is 9.23. The zero-order chi connectivity index (χ0) is 24.8. The van der Waals surface area contributed by atoms with Gasteiger partial charge in [-0.05, 0) is 58.2 Å². The lowest BCUT2D eigenvalue weighted by Crippen LogP contribution is -2.08. The predicted molar refractivity (Wildman–Crippen MR) is 140 cm³/mol. The fraction of sp³-hybridized carbons (Fsp3) is 0.552. The van der Waals surface area contributed by atoms with E-state index in [9.17, 15) is 9.90 Å². The van der Waals surface area contributed by atoms with E-state index in [1.807, 2.05) is 0 Å². The number of aromatic hydroxyl groups is 1. The molecule has 0 saturated carbocycles. The molecule has 2 aromatic rings. The van der Waals surface area contributed by atoms with Crippen LogP contribution in [0.15, 0.2) is 50.7 Å². The molecule has 0 amide bonds. The Labute approximate surface area is 204 Å². The number of allylic oxidation sites excluding steroid dienone is 3. The molecule has 34 heavy (non-hydrogen) atoms. The molecular formula is C29H42O5. The van der Waals surface area contributed by atoms with Crippen molar-refractivity contribution < 1.29 is 19.0 Å². The zero-order valence-electron chi connectivity index (χ0n) is 21.5. The van der Waals surface area contributed by atoms with Gasteiger partial charge in [-0.15, -0.1) is 0 Å². The van der Waals surface area contributed by atoms with E-state index in [1.54, 1.807) is 18.2 Å². The molecular weight excluding hydrogens is 428 g/mol. The van der Waals surface area contributed by atoms with E-state index in [4.69, 9.17) is 13.9 Å². The highest BCUT2D eigenvalue weighted by molar-refractivity contribution is 5.86. The Morgan fingerprint density at radius 1 is 0.971 bits per heavy atom. The van der Waals surface area contributed by atoms with E-state index in [0.29, 0.717) is 24.3 Å². The maximum atomic E-state index is 12.4. The average molecular weight is 471 g/mol. The smallest absolute Gasteiger partial charge is 0.383 e. The summed E-state index contributed by atoms with van der Waals surface area (Å²) in [4.78, 5) is 12.4. The maximum absolute atomic E-state index is 12.4. The zero-order valence-corrected chi connectivity index (χ0v) is 21.5. The molecule has 1 heterocycles. The summed E-state index contributed by atoms with van der Waals surface area (Å²) >= 11 is 0. The van der Waals surface area contributed by atoms with Crippen LogP contribution in [0.5, 0.6) is 17.2 Å². The van der Waals surface area contributed by atoms with Crippen LogP contribution >= 0.6 is 0 Å². The molecule has 1 aromatic heterocycles. The summed E-state index contributed by atoms with van der Waals surface area (Å²) in [6, 6.07) is 5.08. The van der Waals surface area contributed by atoms with Crippen molar-refractivity contribution in [3.63, 3.8) is 0 Å². The Morgan fingerprint density at radius 2 is 1.68 bits per heavy atom. The van der Waals surface area contributed by atoms with E-state index in [0.717, 1.165) is 25.7 Å². The van der Waals surface area contributed by atoms with Crippen LogP contribution < -0.4 is 15.1 Å². The Hall–Kier alpha value is -2.69. The van der Waals surface area contributed by atoms with Gasteiger partial charge in [0.05, 0.1) is 12.0 Å². The van der Waals surface area contributed by atoms with Crippen LogP contribution in [0, 0.1) is 0 Å². The van der Waals surface area contributed by atoms with Crippen LogP contribution in [0.25, 0.3) is 11.0 Å². The second kappa shape index (κ2) is 15.3. The van der Waals surface area contributed by atoms with Crippen molar-refractivity contribution in [2.45, 2.75) is 91.9 Å². The lowest BCUT2D eigenvalue weighted by Gasteiger charge is -2.10. The number of unbranched alkanes of at least 4 members (excludes halogenated alkanes) is 7. The second-order valence-electron chi connectivity index (χ2n) is 9.23. The minimum absolute atomic E-state index is 0.112. The topological polar surface area (TPSA) is 68.9 Å². The number of ether oxygens (including phenoxy) is 2. The van der Waals surface area contributed by atoms with Crippen LogP contribution in [0.1, 0.15) is 91.9 Å². The van der Waals surface area contributed by atoms with E-state index in [1.165, 1.54) is 49.7 Å². The molecule has 188 valence electrons. The van der Waals surface area contributed by atoms with Gasteiger partial charge in [0.1, 0.15) is 17.9 Å². The number of fused-ring (bicyclic) bond motifs is 1. The quantitative estimate of drug-likeness (QED) is 0.152. The first-order valence-corrected chi connectivity index (χ1v) is 12.8. The highest BCUT2D eigenvalue weighted by Crippen LogP contribution is 2.33. The number of hydrogen-bond acceptors (Lipinski definition) is 5. The summed E-state index contributed by atoms with van der Waals surface area (Å²) < 4.78 is 16.8. The van der Waals surface area contributed by atoms with Crippen LogP contribution in [-0.4, -0.2) is 18.3 Å². The van der Waals surface area contributed by atoms with Crippen LogP contribution in [0.2, 0.25) is 0 Å². The van der Waals surface area contributed by atoms with Crippen molar-refractivity contribution >= 4 is 11.0 Å². The number of rotatable bonds is 16. The SMILES string of the molecule is CCCCCCCCCCOc1c(O)c2ccc(OC/C=C(\C)CCC=C(C)C)cc2oc1=O. The van der Waals surface area contributed by atoms with Crippen molar-refractivity contribution in [1.82, 2.24) is 0 Å². The Morgan fingerprint density at radius 3 is 2.38 bits per heavy atom. The molecule has 1 aromatic carbocycles. The van der Waals surface area contributed by atoms with Crippen LogP contribution in [0.3, 0.4) is 0 Å². The molecule has 0 bridgehead atoms. The molecule has 0 unspecified atom stereocenters. The van der Waals surface area contributed by atoms with Crippen molar-refractivity contribution in [3.8, 4) is 17.2 Å². The van der Waals surface area contributed by atoms with Crippen LogP contribution in [-0.2, 0) is 0 Å². The Bertz CT molecular complexity index is 995. The summed E-state index contributed by atoms with van der Waals surface area (Å²) in [5.74, 6) is 0.294. The third-order valence-corrected chi connectivity index (χ3v) is 5.83. The summed E-state index contributed by atoms with van der Waals surface area (Å²) in [5.41, 5.74) is 2.20.